The van der Waals surface area contributed by atoms with Crippen molar-refractivity contribution in [2.75, 3.05) is 68.1 Å². The molecule has 3 fully saturated rings. The Morgan fingerprint density at radius 2 is 0.752 bits per heavy atom. The molecule has 101 heavy (non-hydrogen) atoms. The van der Waals surface area contributed by atoms with Crippen molar-refractivity contribution in [3.05, 3.63) is 144 Å². The highest BCUT2D eigenvalue weighted by molar-refractivity contribution is 8.10. The van der Waals surface area contributed by atoms with Crippen molar-refractivity contribution in [2.24, 2.45) is 5.92 Å². The summed E-state index contributed by atoms with van der Waals surface area (Å²) in [5, 5.41) is 0.703. The first kappa shape index (κ1) is 225. The molecular formula is C87H213ClN2O7P4. The van der Waals surface area contributed by atoms with E-state index in [4.69, 9.17) is 35.3 Å². The van der Waals surface area contributed by atoms with Gasteiger partial charge in [0.25, 0.3) is 0 Å². The van der Waals surface area contributed by atoms with Crippen LogP contribution in [-0.4, -0.2) is 89.2 Å². The second-order valence-electron chi connectivity index (χ2n) is 15.3. The molecule has 0 aromatic heterocycles. The molecule has 3 heterocycles. The van der Waals surface area contributed by atoms with Gasteiger partial charge in [-0.1, -0.05) is 381 Å². The minimum Gasteiger partial charge on any atom is -0.497 e. The van der Waals surface area contributed by atoms with Gasteiger partial charge in [-0.2, -0.15) is 0 Å². The van der Waals surface area contributed by atoms with Crippen LogP contribution in [0, 0.1) is 12.8 Å². The lowest BCUT2D eigenvalue weighted by molar-refractivity contribution is -0.128. The summed E-state index contributed by atoms with van der Waals surface area (Å²) < 4.78 is 29.2. The zero-order valence-corrected chi connectivity index (χ0v) is 44.2. The molecule has 0 spiro atoms. The first-order chi connectivity index (χ1) is 31.4. The molecule has 6 atom stereocenters. The number of hydrogen-bond acceptors (Lipinski definition) is 7. The Kier molecular flexibility index (Phi) is 288. The zero-order valence-electron chi connectivity index (χ0n) is 39.5. The van der Waals surface area contributed by atoms with Crippen molar-refractivity contribution in [1.82, 2.24) is 9.34 Å². The third kappa shape index (κ3) is 81.7. The first-order valence-electron chi connectivity index (χ1n) is 21.7. The standard InChI is InChI=1S/C14H14O.C13H19NO2P2.C7H7ClO.C7H8O.C6H13NOP2.C4H8O.36CH4/c1-11-5-3-6-12(9-11)13-7-4-8-14(10-13)15-2;1-13(7-8-14(12(13)15)18-17-3)10-5-4-6-11(9-10)16-2;1-9-7-4-2-3-6(8)5-7;1-8-7-5-3-2-4-6-7;1-5-3-4-7(6(5)8)10-9-2;1-2-4-5-3-1;;;;;;;;;;;;;;;;;;;;;;;;;;;;;;;;;;;;/h3-10H,1-2H3;4-6,9,17-18H,7-8H2,1-3H3;2-5H,1H3;2-6H,1H3;5,9-10H,3-4H2,1-2H3;1-4H2;36*1H4. The minimum atomic E-state index is -0.374. The van der Waals surface area contributed by atoms with Gasteiger partial charge in [-0.15, -0.1) is 0 Å². The predicted octanol–water partition coefficient (Wildman–Crippen LogP) is 36.1. The number of ether oxygens (including phenoxy) is 5. The van der Waals surface area contributed by atoms with E-state index in [2.05, 4.69) is 56.7 Å². The Morgan fingerprint density at radius 1 is 0.416 bits per heavy atom. The van der Waals surface area contributed by atoms with Crippen LogP contribution in [0.1, 0.15) is 318 Å². The average Bonchev–Trinajstić information content (AvgIpc) is 4.29. The van der Waals surface area contributed by atoms with Gasteiger partial charge >= 0.3 is 0 Å². The highest BCUT2D eigenvalue weighted by atomic mass is 35.5. The van der Waals surface area contributed by atoms with Crippen LogP contribution in [0.15, 0.2) is 127 Å². The second-order valence-corrected chi connectivity index (χ2v) is 22.6. The Bertz CT molecular complexity index is 2130. The van der Waals surface area contributed by atoms with E-state index in [1.165, 1.54) is 29.5 Å². The average molecular weight is 1560 g/mol. The Hall–Kier alpha value is -3.79. The number of nitrogens with zero attached hydrogens (tertiary/aromatic N) is 2. The van der Waals surface area contributed by atoms with Gasteiger partial charge in [0, 0.05) is 54.1 Å². The Balaban J connectivity index is -0.0000000159. The Morgan fingerprint density at radius 3 is 1.07 bits per heavy atom. The van der Waals surface area contributed by atoms with Crippen LogP contribution in [0.5, 0.6) is 23.0 Å². The van der Waals surface area contributed by atoms with Gasteiger partial charge in [0.15, 0.2) is 0 Å². The highest BCUT2D eigenvalue weighted by Gasteiger charge is 2.44. The number of para-hydroxylation sites is 1. The molecule has 9 nitrogen and oxygen atoms in total. The van der Waals surface area contributed by atoms with E-state index >= 15 is 0 Å². The number of methoxy groups -OCH3 is 4. The number of amides is 2. The summed E-state index contributed by atoms with van der Waals surface area (Å²) in [6, 6.07) is 41.4. The predicted molar refractivity (Wildman–Crippen MR) is 524 cm³/mol. The van der Waals surface area contributed by atoms with E-state index in [9.17, 15) is 9.59 Å². The molecule has 3 aliphatic heterocycles. The summed E-state index contributed by atoms with van der Waals surface area (Å²) in [5.41, 5.74) is 4.39. The van der Waals surface area contributed by atoms with Crippen molar-refractivity contribution in [2.45, 2.75) is 319 Å². The lowest BCUT2D eigenvalue weighted by Gasteiger charge is -2.24. The third-order valence-corrected chi connectivity index (χ3v) is 15.5. The largest absolute Gasteiger partial charge is 0.497 e. The van der Waals surface area contributed by atoms with E-state index in [0.717, 1.165) is 92.7 Å². The summed E-state index contributed by atoms with van der Waals surface area (Å²) in [7, 11) is 9.73. The lowest BCUT2D eigenvalue weighted by Crippen LogP contribution is -2.31. The zero-order chi connectivity index (χ0) is 47.5. The normalized spacial score (nSPS) is 11.4. The van der Waals surface area contributed by atoms with Crippen LogP contribution in [0.25, 0.3) is 11.1 Å². The number of carbonyl (C=O) groups is 2. The van der Waals surface area contributed by atoms with Crippen LogP contribution in [0.2, 0.25) is 5.02 Å². The van der Waals surface area contributed by atoms with E-state index in [1.54, 1.807) is 34.5 Å². The molecule has 8 rings (SSSR count). The fraction of sp³-hybridized carbons (Fsp3) is 0.632. The molecule has 5 aromatic rings. The van der Waals surface area contributed by atoms with Gasteiger partial charge in [-0.25, -0.2) is 0 Å². The molecule has 14 heteroatoms. The van der Waals surface area contributed by atoms with E-state index in [1.807, 2.05) is 108 Å². The summed E-state index contributed by atoms with van der Waals surface area (Å²) in [6.45, 7) is 14.3. The van der Waals surface area contributed by atoms with E-state index < -0.39 is 0 Å². The molecule has 5 aromatic carbocycles. The number of aryl methyl sites for hydroxylation is 1. The molecule has 3 aliphatic rings. The van der Waals surface area contributed by atoms with Gasteiger partial charge in [0.2, 0.25) is 11.8 Å². The summed E-state index contributed by atoms with van der Waals surface area (Å²) >= 11 is 5.64. The maximum Gasteiger partial charge on any atom is 0.236 e. The van der Waals surface area contributed by atoms with Crippen molar-refractivity contribution < 1.29 is 33.3 Å². The van der Waals surface area contributed by atoms with Crippen LogP contribution < -0.4 is 18.9 Å². The van der Waals surface area contributed by atoms with Crippen LogP contribution in [0.3, 0.4) is 0 Å². The van der Waals surface area contributed by atoms with Crippen molar-refractivity contribution in [3.8, 4) is 34.1 Å². The van der Waals surface area contributed by atoms with E-state index in [0.29, 0.717) is 25.3 Å². The topological polar surface area (TPSA) is 86.8 Å². The monoisotopic (exact) mass is 1560 g/mol. The van der Waals surface area contributed by atoms with Gasteiger partial charge in [0.05, 0.1) is 33.9 Å². The maximum absolute atomic E-state index is 12.5. The maximum atomic E-state index is 12.5. The SMILES string of the molecule is C.C.C.C.C.C.C.C.C.C.C.C.C.C.C.C.C.C.C.C.C.C.C.C.C.C.C.C.C.C.C.C.C.C.C.C.C1CCOC1.COc1cccc(-c2cccc(C)c2)c1.COc1cccc(C2(C)CCN(PPC)C2=O)c1.COc1cccc(Cl)c1.COc1ccccc1.CPPN1CCC(C)C1=O. The number of carbonyl (C=O) groups excluding carboxylic acids is 2. The minimum absolute atomic E-state index is 0. The number of rotatable bonds is 10. The van der Waals surface area contributed by atoms with Crippen molar-refractivity contribution in [1.29, 1.82) is 0 Å². The first-order valence-corrected chi connectivity index (χ1v) is 29.0. The van der Waals surface area contributed by atoms with E-state index in [-0.39, 0.29) is 279 Å². The smallest absolute Gasteiger partial charge is 0.236 e. The van der Waals surface area contributed by atoms with Crippen LogP contribution in [-0.2, 0) is 19.7 Å². The number of halogens is 1. The van der Waals surface area contributed by atoms with Crippen molar-refractivity contribution in [3.63, 3.8) is 0 Å². The third-order valence-electron chi connectivity index (χ3n) is 10.5. The van der Waals surface area contributed by atoms with Gasteiger partial charge in [0.1, 0.15) is 23.0 Å². The number of benzene rings is 5. The summed E-state index contributed by atoms with van der Waals surface area (Å²) in [5.74, 6) is 4.35. The highest BCUT2D eigenvalue weighted by Crippen LogP contribution is 2.46. The van der Waals surface area contributed by atoms with Gasteiger partial charge in [-0.05, 0) is 124 Å². The lowest BCUT2D eigenvalue weighted by atomic mass is 9.81. The molecule has 6 unspecified atom stereocenters. The molecule has 0 saturated carbocycles. The van der Waals surface area contributed by atoms with Gasteiger partial charge < -0.3 is 33.0 Å². The molecular weight excluding hydrogens is 1340 g/mol. The van der Waals surface area contributed by atoms with Gasteiger partial charge in [-0.3, -0.25) is 9.59 Å². The molecule has 0 bridgehead atoms. The molecule has 3 saturated heterocycles. The number of hydrogen-bond donors (Lipinski definition) is 0. The summed E-state index contributed by atoms with van der Waals surface area (Å²) in [6.07, 6.45) is 4.52. The molecule has 2 amide bonds. The molecule has 640 valence electrons. The molecule has 0 N–H and O–H groups in total. The summed E-state index contributed by atoms with van der Waals surface area (Å²) in [4.78, 5) is 23.7. The van der Waals surface area contributed by atoms with Crippen LogP contribution in [0.4, 0.5) is 0 Å². The van der Waals surface area contributed by atoms with Crippen molar-refractivity contribution >= 4 is 56.8 Å². The fourth-order valence-electron chi connectivity index (χ4n) is 6.67. The Labute approximate surface area is 666 Å². The second kappa shape index (κ2) is 129. The molecule has 0 radical (unpaired) electrons. The van der Waals surface area contributed by atoms with Crippen LogP contribution >= 0.6 is 45.0 Å². The fourth-order valence-corrected chi connectivity index (χ4v) is 11.5. The quantitative estimate of drug-likeness (QED) is 0.129. The molecule has 0 aliphatic carbocycles.